The standard InChI is InChI=1S/C20H16N4O3S/c25-28(26,27)20-8-7-18(24-20)11-17-4-3-14(22-17)9-13-1-2-15(21-13)10-16-5-6-19(12-20)23-16/h1-7,9-12,21,24H,8H2,(H,25,26,27). The minimum absolute atomic E-state index is 0.0862. The normalized spacial score (nSPS) is 25.1. The van der Waals surface area contributed by atoms with Crippen molar-refractivity contribution < 1.29 is 13.0 Å². The summed E-state index contributed by atoms with van der Waals surface area (Å²) in [5.74, 6) is 0. The van der Waals surface area contributed by atoms with Crippen LogP contribution in [-0.2, 0) is 10.1 Å². The number of aromatic amines is 1. The highest BCUT2D eigenvalue weighted by molar-refractivity contribution is 7.87. The average Bonchev–Trinajstić information content (AvgIpc) is 3.38. The highest BCUT2D eigenvalue weighted by atomic mass is 32.2. The summed E-state index contributed by atoms with van der Waals surface area (Å²) in [7, 11) is -4.44. The molecule has 1 unspecified atom stereocenters. The first-order valence-electron chi connectivity index (χ1n) is 8.71. The van der Waals surface area contributed by atoms with E-state index < -0.39 is 15.0 Å². The molecular formula is C20H16N4O3S. The number of aromatic nitrogens is 1. The van der Waals surface area contributed by atoms with Crippen LogP contribution in [0.2, 0.25) is 0 Å². The Balaban J connectivity index is 1.71. The van der Waals surface area contributed by atoms with Crippen LogP contribution < -0.4 is 16.0 Å². The van der Waals surface area contributed by atoms with Gasteiger partial charge in [-0.25, -0.2) is 9.98 Å². The van der Waals surface area contributed by atoms with Crippen molar-refractivity contribution in [3.05, 3.63) is 82.5 Å². The monoisotopic (exact) mass is 392 g/mol. The third-order valence-corrected chi connectivity index (χ3v) is 6.14. The Hall–Kier alpha value is -3.23. The second kappa shape index (κ2) is 5.88. The van der Waals surface area contributed by atoms with Gasteiger partial charge in [0.1, 0.15) is 0 Å². The van der Waals surface area contributed by atoms with Crippen LogP contribution in [0.4, 0.5) is 0 Å². The molecule has 8 bridgehead atoms. The predicted octanol–water partition coefficient (Wildman–Crippen LogP) is 0.840. The highest BCUT2D eigenvalue weighted by Crippen LogP contribution is 2.31. The lowest BCUT2D eigenvalue weighted by Gasteiger charge is -2.24. The van der Waals surface area contributed by atoms with E-state index in [1.165, 1.54) is 6.08 Å². The molecule has 3 N–H and O–H groups in total. The van der Waals surface area contributed by atoms with E-state index in [1.807, 2.05) is 36.4 Å². The van der Waals surface area contributed by atoms with Gasteiger partial charge in [-0.05, 0) is 60.7 Å². The quantitative estimate of drug-likeness (QED) is 0.616. The second-order valence-corrected chi connectivity index (χ2v) is 8.57. The van der Waals surface area contributed by atoms with Gasteiger partial charge in [-0.3, -0.25) is 4.55 Å². The van der Waals surface area contributed by atoms with Crippen LogP contribution in [0, 0.1) is 0 Å². The number of nitrogens with zero attached hydrogens (tertiary/aromatic N) is 2. The van der Waals surface area contributed by atoms with E-state index in [1.54, 1.807) is 24.3 Å². The van der Waals surface area contributed by atoms with E-state index in [-0.39, 0.29) is 6.42 Å². The van der Waals surface area contributed by atoms with Gasteiger partial charge in [-0.1, -0.05) is 6.08 Å². The molecule has 5 heterocycles. The first-order valence-corrected chi connectivity index (χ1v) is 10.1. The van der Waals surface area contributed by atoms with Crippen molar-refractivity contribution in [1.82, 2.24) is 10.3 Å². The van der Waals surface area contributed by atoms with Crippen molar-refractivity contribution >= 4 is 33.7 Å². The Morgan fingerprint density at radius 2 is 1.57 bits per heavy atom. The maximum atomic E-state index is 12.2. The van der Waals surface area contributed by atoms with Crippen LogP contribution in [0.5, 0.6) is 0 Å². The first-order chi connectivity index (χ1) is 13.4. The molecule has 0 aliphatic carbocycles. The minimum Gasteiger partial charge on any atom is -0.361 e. The molecule has 28 heavy (non-hydrogen) atoms. The summed E-state index contributed by atoms with van der Waals surface area (Å²) in [5, 5.41) is 4.72. The summed E-state index contributed by atoms with van der Waals surface area (Å²) in [4.78, 5) is 10.6. The fraction of sp³-hybridized carbons (Fsp3) is 0.100. The van der Waals surface area contributed by atoms with Crippen molar-refractivity contribution in [2.24, 2.45) is 9.98 Å². The summed E-state index contributed by atoms with van der Waals surface area (Å²) in [5.41, 5.74) is 3.20. The fourth-order valence-electron chi connectivity index (χ4n) is 3.47. The molecular weight excluding hydrogens is 376 g/mol. The topological polar surface area (TPSA) is 107 Å². The van der Waals surface area contributed by atoms with Crippen LogP contribution >= 0.6 is 0 Å². The van der Waals surface area contributed by atoms with Gasteiger partial charge in [0.2, 0.25) is 0 Å². The molecule has 0 amide bonds. The lowest BCUT2D eigenvalue weighted by atomic mass is 10.2. The molecule has 0 saturated carbocycles. The number of nitrogens with one attached hydrogen (secondary N) is 2. The molecule has 1 aromatic heterocycles. The van der Waals surface area contributed by atoms with Crippen LogP contribution in [0.1, 0.15) is 6.42 Å². The van der Waals surface area contributed by atoms with Gasteiger partial charge >= 0.3 is 0 Å². The van der Waals surface area contributed by atoms with Crippen LogP contribution in [0.25, 0.3) is 12.2 Å². The maximum Gasteiger partial charge on any atom is 0.293 e. The molecule has 0 radical (unpaired) electrons. The summed E-state index contributed by atoms with van der Waals surface area (Å²) in [6.07, 6.45) is 16.1. The Kier molecular flexibility index (Phi) is 3.55. The first kappa shape index (κ1) is 16.9. The summed E-state index contributed by atoms with van der Waals surface area (Å²) in [6, 6.07) is 3.89. The van der Waals surface area contributed by atoms with E-state index in [9.17, 15) is 13.0 Å². The van der Waals surface area contributed by atoms with E-state index in [0.717, 1.165) is 16.4 Å². The predicted molar refractivity (Wildman–Crippen MR) is 108 cm³/mol. The SMILES string of the molecule is O=S(=O)(O)C12C=C3C=CC(=N3)C=c3ccc([nH]3)=CC3=NC(=CC(=CC1)N2)C=C3. The summed E-state index contributed by atoms with van der Waals surface area (Å²) < 4.78 is 34.3. The molecule has 7 nitrogen and oxygen atoms in total. The third-order valence-electron chi connectivity index (χ3n) is 4.83. The van der Waals surface area contributed by atoms with Gasteiger partial charge < -0.3 is 10.3 Å². The van der Waals surface area contributed by atoms with Crippen LogP contribution in [0.15, 0.2) is 81.7 Å². The third kappa shape index (κ3) is 2.92. The van der Waals surface area contributed by atoms with E-state index >= 15 is 0 Å². The fourth-order valence-corrected chi connectivity index (χ4v) is 4.28. The molecule has 1 aromatic rings. The lowest BCUT2D eigenvalue weighted by Crippen LogP contribution is -2.46. The van der Waals surface area contributed by atoms with Crippen molar-refractivity contribution in [3.63, 3.8) is 0 Å². The number of fused-ring (bicyclic) bond motifs is 6. The van der Waals surface area contributed by atoms with Crippen LogP contribution in [0.3, 0.4) is 0 Å². The van der Waals surface area contributed by atoms with E-state index in [4.69, 9.17) is 0 Å². The Bertz CT molecular complexity index is 1330. The van der Waals surface area contributed by atoms with Gasteiger partial charge in [-0.15, -0.1) is 0 Å². The van der Waals surface area contributed by atoms with Gasteiger partial charge in [0.25, 0.3) is 10.1 Å². The highest BCUT2D eigenvalue weighted by Gasteiger charge is 2.44. The number of allylic oxidation sites excluding steroid dienone is 5. The van der Waals surface area contributed by atoms with Gasteiger partial charge in [0.05, 0.1) is 22.8 Å². The zero-order valence-corrected chi connectivity index (χ0v) is 15.4. The van der Waals surface area contributed by atoms with E-state index in [0.29, 0.717) is 22.8 Å². The van der Waals surface area contributed by atoms with Crippen LogP contribution in [-0.4, -0.2) is 34.2 Å². The molecule has 8 heteroatoms. The number of hydrogen-bond donors (Lipinski definition) is 3. The Morgan fingerprint density at radius 1 is 0.929 bits per heavy atom. The lowest BCUT2D eigenvalue weighted by molar-refractivity contribution is 0.437. The minimum atomic E-state index is -4.44. The number of aliphatic imine (C=N–C) groups is 2. The second-order valence-electron chi connectivity index (χ2n) is 6.89. The molecule has 0 spiro atoms. The molecule has 4 aliphatic rings. The van der Waals surface area contributed by atoms with Crippen molar-refractivity contribution in [2.75, 3.05) is 0 Å². The van der Waals surface area contributed by atoms with Gasteiger partial charge in [-0.2, -0.15) is 8.42 Å². The van der Waals surface area contributed by atoms with Gasteiger partial charge in [0.15, 0.2) is 4.87 Å². The molecule has 140 valence electrons. The summed E-state index contributed by atoms with van der Waals surface area (Å²) >= 11 is 0. The van der Waals surface area contributed by atoms with Crippen molar-refractivity contribution in [1.29, 1.82) is 0 Å². The number of hydrogen-bond acceptors (Lipinski definition) is 5. The molecule has 1 atom stereocenters. The Labute approximate surface area is 161 Å². The molecule has 4 aliphatic heterocycles. The van der Waals surface area contributed by atoms with Gasteiger partial charge in [0, 0.05) is 22.8 Å². The molecule has 5 rings (SSSR count). The smallest absolute Gasteiger partial charge is 0.293 e. The largest absolute Gasteiger partial charge is 0.361 e. The van der Waals surface area contributed by atoms with Crippen molar-refractivity contribution in [3.8, 4) is 0 Å². The Morgan fingerprint density at radius 3 is 2.25 bits per heavy atom. The van der Waals surface area contributed by atoms with E-state index in [2.05, 4.69) is 20.3 Å². The molecule has 0 fully saturated rings. The maximum absolute atomic E-state index is 12.2. The number of H-pyrrole nitrogens is 1. The molecule has 0 saturated heterocycles. The molecule has 0 aromatic carbocycles. The number of rotatable bonds is 1. The zero-order valence-electron chi connectivity index (χ0n) is 14.6. The zero-order chi connectivity index (χ0) is 19.4. The summed E-state index contributed by atoms with van der Waals surface area (Å²) in [6.45, 7) is 0. The average molecular weight is 392 g/mol. The van der Waals surface area contributed by atoms with Crippen molar-refractivity contribution in [2.45, 2.75) is 11.3 Å².